The Hall–Kier alpha value is -1.31. The molecule has 1 aliphatic heterocycles. The maximum atomic E-state index is 4.42. The summed E-state index contributed by atoms with van der Waals surface area (Å²) < 4.78 is 0. The van der Waals surface area contributed by atoms with Crippen LogP contribution in [-0.2, 0) is 0 Å². The molecule has 1 aromatic carbocycles. The van der Waals surface area contributed by atoms with Crippen molar-refractivity contribution in [2.45, 2.75) is 32.7 Å². The number of aryl methyl sites for hydroxylation is 1. The van der Waals surface area contributed by atoms with E-state index in [-0.39, 0.29) is 0 Å². The molecular formula is C13H18N2. The molecule has 0 saturated carbocycles. The molecule has 1 N–H and O–H groups in total. The lowest BCUT2D eigenvalue weighted by atomic mass is 10.1. The molecule has 2 rings (SSSR count). The normalized spacial score (nSPS) is 17.3. The van der Waals surface area contributed by atoms with Gasteiger partial charge in [-0.15, -0.1) is 0 Å². The molecule has 2 nitrogen and oxygen atoms in total. The predicted octanol–water partition coefficient (Wildman–Crippen LogP) is 2.84. The minimum Gasteiger partial charge on any atom is -0.367 e. The predicted molar refractivity (Wildman–Crippen MR) is 64.3 cm³/mol. The molecule has 1 atom stereocenters. The number of hydrogen-bond donors (Lipinski definition) is 1. The van der Waals surface area contributed by atoms with Crippen LogP contribution in [0.15, 0.2) is 29.3 Å². The summed E-state index contributed by atoms with van der Waals surface area (Å²) in [4.78, 5) is 4.42. The van der Waals surface area contributed by atoms with Crippen LogP contribution < -0.4 is 5.32 Å². The quantitative estimate of drug-likeness (QED) is 0.783. The van der Waals surface area contributed by atoms with E-state index in [1.165, 1.54) is 23.4 Å². The molecule has 2 heteroatoms. The van der Waals surface area contributed by atoms with Gasteiger partial charge in [0, 0.05) is 19.0 Å². The first-order valence-electron chi connectivity index (χ1n) is 5.62. The van der Waals surface area contributed by atoms with Crippen molar-refractivity contribution in [2.24, 2.45) is 4.99 Å². The molecular weight excluding hydrogens is 184 g/mol. The fourth-order valence-corrected chi connectivity index (χ4v) is 1.85. The van der Waals surface area contributed by atoms with Crippen LogP contribution >= 0.6 is 0 Å². The number of aliphatic imine (C=N–C) groups is 1. The van der Waals surface area contributed by atoms with Crippen LogP contribution in [0.5, 0.6) is 0 Å². The first kappa shape index (κ1) is 10.2. The van der Waals surface area contributed by atoms with Crippen LogP contribution in [0.4, 0.5) is 0 Å². The van der Waals surface area contributed by atoms with Gasteiger partial charge in [-0.05, 0) is 25.8 Å². The SMILES string of the molecule is Cc1ccc([C@@H](C)NC2=NCCC2)cc1. The molecule has 1 aromatic rings. The highest BCUT2D eigenvalue weighted by Crippen LogP contribution is 2.14. The van der Waals surface area contributed by atoms with Crippen LogP contribution in [0.25, 0.3) is 0 Å². The number of benzene rings is 1. The average molecular weight is 202 g/mol. The van der Waals surface area contributed by atoms with Gasteiger partial charge >= 0.3 is 0 Å². The summed E-state index contributed by atoms with van der Waals surface area (Å²) in [5.74, 6) is 1.17. The van der Waals surface area contributed by atoms with Gasteiger partial charge < -0.3 is 5.32 Å². The Kier molecular flexibility index (Phi) is 3.05. The highest BCUT2D eigenvalue weighted by atomic mass is 15.0. The summed E-state index contributed by atoms with van der Waals surface area (Å²) in [6, 6.07) is 9.04. The average Bonchev–Trinajstić information content (AvgIpc) is 2.71. The van der Waals surface area contributed by atoms with Crippen molar-refractivity contribution in [3.05, 3.63) is 35.4 Å². The standard InChI is InChI=1S/C13H18N2/c1-10-5-7-12(8-6-10)11(2)15-13-4-3-9-14-13/h5-8,11H,3-4,9H2,1-2H3,(H,14,15)/t11-/m1/s1. The van der Waals surface area contributed by atoms with Gasteiger partial charge in [0.25, 0.3) is 0 Å². The van der Waals surface area contributed by atoms with E-state index in [0.29, 0.717) is 6.04 Å². The highest BCUT2D eigenvalue weighted by molar-refractivity contribution is 5.83. The minimum atomic E-state index is 0.363. The molecule has 0 amide bonds. The fourth-order valence-electron chi connectivity index (χ4n) is 1.85. The fraction of sp³-hybridized carbons (Fsp3) is 0.462. The maximum absolute atomic E-state index is 4.42. The lowest BCUT2D eigenvalue weighted by Crippen LogP contribution is -2.24. The number of hydrogen-bond acceptors (Lipinski definition) is 2. The summed E-state index contributed by atoms with van der Waals surface area (Å²) in [6.07, 6.45) is 2.30. The van der Waals surface area contributed by atoms with Gasteiger partial charge in [-0.1, -0.05) is 29.8 Å². The summed E-state index contributed by atoms with van der Waals surface area (Å²) in [5.41, 5.74) is 2.64. The lowest BCUT2D eigenvalue weighted by Gasteiger charge is -2.15. The lowest BCUT2D eigenvalue weighted by molar-refractivity contribution is 0.709. The van der Waals surface area contributed by atoms with E-state index in [1.807, 2.05) is 0 Å². The molecule has 15 heavy (non-hydrogen) atoms. The molecule has 0 fully saturated rings. The number of nitrogens with one attached hydrogen (secondary N) is 1. The van der Waals surface area contributed by atoms with E-state index in [9.17, 15) is 0 Å². The van der Waals surface area contributed by atoms with Crippen molar-refractivity contribution in [1.82, 2.24) is 5.32 Å². The Bertz CT molecular complexity index is 351. The van der Waals surface area contributed by atoms with Crippen molar-refractivity contribution in [1.29, 1.82) is 0 Å². The molecule has 80 valence electrons. The smallest absolute Gasteiger partial charge is 0.0968 e. The van der Waals surface area contributed by atoms with E-state index in [0.717, 1.165) is 13.0 Å². The Morgan fingerprint density at radius 2 is 2.00 bits per heavy atom. The third kappa shape index (κ3) is 2.58. The molecule has 0 saturated heterocycles. The zero-order valence-electron chi connectivity index (χ0n) is 9.46. The van der Waals surface area contributed by atoms with Gasteiger partial charge in [0.2, 0.25) is 0 Å². The molecule has 0 bridgehead atoms. The number of nitrogens with zero attached hydrogens (tertiary/aromatic N) is 1. The molecule has 0 unspecified atom stereocenters. The second-order valence-corrected chi connectivity index (χ2v) is 4.21. The third-order valence-corrected chi connectivity index (χ3v) is 2.83. The van der Waals surface area contributed by atoms with Gasteiger partial charge in [0.1, 0.15) is 0 Å². The van der Waals surface area contributed by atoms with Crippen molar-refractivity contribution >= 4 is 5.84 Å². The molecule has 1 aliphatic rings. The summed E-state index contributed by atoms with van der Waals surface area (Å²) in [7, 11) is 0. The van der Waals surface area contributed by atoms with Gasteiger partial charge in [0.05, 0.1) is 5.84 Å². The van der Waals surface area contributed by atoms with E-state index in [2.05, 4.69) is 48.4 Å². The van der Waals surface area contributed by atoms with Crippen LogP contribution in [0.1, 0.15) is 36.9 Å². The number of rotatable bonds is 2. The largest absolute Gasteiger partial charge is 0.367 e. The van der Waals surface area contributed by atoms with E-state index < -0.39 is 0 Å². The summed E-state index contributed by atoms with van der Waals surface area (Å²) in [6.45, 7) is 5.29. The zero-order chi connectivity index (χ0) is 10.7. The van der Waals surface area contributed by atoms with Crippen molar-refractivity contribution in [3.63, 3.8) is 0 Å². The maximum Gasteiger partial charge on any atom is 0.0968 e. The first-order chi connectivity index (χ1) is 7.25. The van der Waals surface area contributed by atoms with Gasteiger partial charge in [-0.2, -0.15) is 0 Å². The van der Waals surface area contributed by atoms with Crippen LogP contribution in [-0.4, -0.2) is 12.4 Å². The van der Waals surface area contributed by atoms with Gasteiger partial charge in [-0.25, -0.2) is 0 Å². The second-order valence-electron chi connectivity index (χ2n) is 4.21. The van der Waals surface area contributed by atoms with Gasteiger partial charge in [0.15, 0.2) is 0 Å². The van der Waals surface area contributed by atoms with Crippen LogP contribution in [0, 0.1) is 6.92 Å². The second kappa shape index (κ2) is 4.47. The molecule has 0 aromatic heterocycles. The molecule has 0 aliphatic carbocycles. The minimum absolute atomic E-state index is 0.363. The summed E-state index contributed by atoms with van der Waals surface area (Å²) >= 11 is 0. The zero-order valence-corrected chi connectivity index (χ0v) is 9.46. The van der Waals surface area contributed by atoms with Crippen molar-refractivity contribution < 1.29 is 0 Å². The molecule has 0 spiro atoms. The van der Waals surface area contributed by atoms with E-state index >= 15 is 0 Å². The topological polar surface area (TPSA) is 24.4 Å². The third-order valence-electron chi connectivity index (χ3n) is 2.83. The first-order valence-corrected chi connectivity index (χ1v) is 5.62. The Labute approximate surface area is 91.4 Å². The van der Waals surface area contributed by atoms with Crippen molar-refractivity contribution in [3.8, 4) is 0 Å². The monoisotopic (exact) mass is 202 g/mol. The van der Waals surface area contributed by atoms with Crippen molar-refractivity contribution in [2.75, 3.05) is 6.54 Å². The van der Waals surface area contributed by atoms with Crippen LogP contribution in [0.3, 0.4) is 0 Å². The van der Waals surface area contributed by atoms with Gasteiger partial charge in [-0.3, -0.25) is 4.99 Å². The van der Waals surface area contributed by atoms with E-state index in [4.69, 9.17) is 0 Å². The van der Waals surface area contributed by atoms with E-state index in [1.54, 1.807) is 0 Å². The Balaban J connectivity index is 2.00. The summed E-state index contributed by atoms with van der Waals surface area (Å²) in [5, 5.41) is 3.46. The Morgan fingerprint density at radius 1 is 1.27 bits per heavy atom. The molecule has 0 radical (unpaired) electrons. The van der Waals surface area contributed by atoms with Crippen LogP contribution in [0.2, 0.25) is 0 Å². The number of amidine groups is 1. The Morgan fingerprint density at radius 3 is 2.60 bits per heavy atom. The highest BCUT2D eigenvalue weighted by Gasteiger charge is 2.10. The molecule has 1 heterocycles.